The Balaban J connectivity index is 1.74. The predicted molar refractivity (Wildman–Crippen MR) is 95.5 cm³/mol. The van der Waals surface area contributed by atoms with Crippen molar-refractivity contribution in [3.8, 4) is 5.75 Å². The standard InChI is InChI=1S/C18H23N3O5/c1-26-15-6-5-13(10-14(15)21-8-3-2-4-16(21)22)19-18(25)20-9-7-12(11-20)17(23)24/h5-6,10,12H,2-4,7-9,11H2,1H3,(H,19,25)(H,23,24). The normalized spacial score (nSPS) is 20.2. The molecule has 1 aromatic carbocycles. The fourth-order valence-electron chi connectivity index (χ4n) is 3.39. The Bertz CT molecular complexity index is 721. The van der Waals surface area contributed by atoms with E-state index in [2.05, 4.69) is 5.32 Å². The molecule has 2 aliphatic rings. The largest absolute Gasteiger partial charge is 0.495 e. The fourth-order valence-corrected chi connectivity index (χ4v) is 3.39. The summed E-state index contributed by atoms with van der Waals surface area (Å²) in [6.45, 7) is 1.24. The van der Waals surface area contributed by atoms with Crippen molar-refractivity contribution >= 4 is 29.3 Å². The number of nitrogens with one attached hydrogen (secondary N) is 1. The quantitative estimate of drug-likeness (QED) is 0.856. The molecule has 0 aliphatic carbocycles. The van der Waals surface area contributed by atoms with Gasteiger partial charge >= 0.3 is 12.0 Å². The van der Waals surface area contributed by atoms with Gasteiger partial charge in [0.1, 0.15) is 5.75 Å². The second-order valence-electron chi connectivity index (χ2n) is 6.59. The Kier molecular flexibility index (Phi) is 5.29. The maximum atomic E-state index is 12.4. The second kappa shape index (κ2) is 7.63. The molecule has 26 heavy (non-hydrogen) atoms. The summed E-state index contributed by atoms with van der Waals surface area (Å²) in [5.41, 5.74) is 1.18. The molecule has 2 N–H and O–H groups in total. The number of amides is 3. The van der Waals surface area contributed by atoms with Crippen molar-refractivity contribution < 1.29 is 24.2 Å². The Morgan fingerprint density at radius 1 is 1.27 bits per heavy atom. The molecular formula is C18H23N3O5. The average molecular weight is 361 g/mol. The molecule has 8 nitrogen and oxygen atoms in total. The number of carbonyl (C=O) groups is 3. The molecule has 0 spiro atoms. The minimum atomic E-state index is -0.879. The number of methoxy groups -OCH3 is 1. The van der Waals surface area contributed by atoms with Crippen molar-refractivity contribution in [1.29, 1.82) is 0 Å². The summed E-state index contributed by atoms with van der Waals surface area (Å²) in [5.74, 6) is -0.777. The third kappa shape index (κ3) is 3.74. The van der Waals surface area contributed by atoms with Gasteiger partial charge in [0.15, 0.2) is 0 Å². The van der Waals surface area contributed by atoms with Crippen LogP contribution in [0.4, 0.5) is 16.2 Å². The van der Waals surface area contributed by atoms with Crippen LogP contribution in [0.15, 0.2) is 18.2 Å². The molecule has 3 rings (SSSR count). The van der Waals surface area contributed by atoms with Crippen molar-refractivity contribution in [2.45, 2.75) is 25.7 Å². The van der Waals surface area contributed by atoms with Gasteiger partial charge in [-0.05, 0) is 37.5 Å². The van der Waals surface area contributed by atoms with Gasteiger partial charge < -0.3 is 25.0 Å². The average Bonchev–Trinajstić information content (AvgIpc) is 3.13. The van der Waals surface area contributed by atoms with E-state index in [0.29, 0.717) is 43.1 Å². The Morgan fingerprint density at radius 2 is 2.08 bits per heavy atom. The molecule has 2 saturated heterocycles. The van der Waals surface area contributed by atoms with E-state index in [1.165, 1.54) is 4.90 Å². The highest BCUT2D eigenvalue weighted by Gasteiger charge is 2.31. The molecule has 8 heteroatoms. The van der Waals surface area contributed by atoms with Crippen molar-refractivity contribution in [3.05, 3.63) is 18.2 Å². The smallest absolute Gasteiger partial charge is 0.321 e. The van der Waals surface area contributed by atoms with Crippen LogP contribution in [-0.4, -0.2) is 54.7 Å². The van der Waals surface area contributed by atoms with Crippen LogP contribution in [0, 0.1) is 5.92 Å². The first-order chi connectivity index (χ1) is 12.5. The molecule has 140 valence electrons. The highest BCUT2D eigenvalue weighted by Crippen LogP contribution is 2.33. The number of carbonyl (C=O) groups excluding carboxylic acids is 2. The zero-order chi connectivity index (χ0) is 18.7. The molecular weight excluding hydrogens is 338 g/mol. The van der Waals surface area contributed by atoms with Gasteiger partial charge in [0.2, 0.25) is 5.91 Å². The van der Waals surface area contributed by atoms with Crippen molar-refractivity contribution in [2.24, 2.45) is 5.92 Å². The Labute approximate surface area is 151 Å². The number of hydrogen-bond acceptors (Lipinski definition) is 4. The zero-order valence-electron chi connectivity index (χ0n) is 14.7. The SMILES string of the molecule is COc1ccc(NC(=O)N2CCC(C(=O)O)C2)cc1N1CCCCC1=O. The lowest BCUT2D eigenvalue weighted by Crippen LogP contribution is -2.36. The molecule has 0 bridgehead atoms. The van der Waals surface area contributed by atoms with E-state index in [-0.39, 0.29) is 18.5 Å². The maximum absolute atomic E-state index is 12.4. The monoisotopic (exact) mass is 361 g/mol. The molecule has 2 aliphatic heterocycles. The number of likely N-dealkylation sites (tertiary alicyclic amines) is 1. The van der Waals surface area contributed by atoms with Crippen LogP contribution in [0.1, 0.15) is 25.7 Å². The van der Waals surface area contributed by atoms with E-state index in [9.17, 15) is 14.4 Å². The third-order valence-electron chi connectivity index (χ3n) is 4.87. The number of nitrogens with zero attached hydrogens (tertiary/aromatic N) is 2. The van der Waals surface area contributed by atoms with Crippen LogP contribution in [0.2, 0.25) is 0 Å². The van der Waals surface area contributed by atoms with E-state index < -0.39 is 11.9 Å². The number of rotatable bonds is 4. The number of aliphatic carboxylic acids is 1. The molecule has 1 unspecified atom stereocenters. The number of carboxylic acid groups (broad SMARTS) is 1. The molecule has 0 radical (unpaired) electrons. The first-order valence-corrected chi connectivity index (χ1v) is 8.76. The predicted octanol–water partition coefficient (Wildman–Crippen LogP) is 2.15. The third-order valence-corrected chi connectivity index (χ3v) is 4.87. The summed E-state index contributed by atoms with van der Waals surface area (Å²) < 4.78 is 5.36. The topological polar surface area (TPSA) is 99.2 Å². The number of urea groups is 1. The molecule has 3 amide bonds. The Hall–Kier alpha value is -2.77. The number of ether oxygens (including phenoxy) is 1. The van der Waals surface area contributed by atoms with E-state index in [1.807, 2.05) is 0 Å². The summed E-state index contributed by atoms with van der Waals surface area (Å²) in [6.07, 6.45) is 2.77. The van der Waals surface area contributed by atoms with Crippen LogP contribution in [0.3, 0.4) is 0 Å². The Morgan fingerprint density at radius 3 is 2.73 bits per heavy atom. The molecule has 1 aromatic rings. The summed E-state index contributed by atoms with van der Waals surface area (Å²) in [5, 5.41) is 11.8. The first-order valence-electron chi connectivity index (χ1n) is 8.76. The van der Waals surface area contributed by atoms with Gasteiger partial charge in [-0.25, -0.2) is 4.79 Å². The van der Waals surface area contributed by atoms with Crippen molar-refractivity contribution in [1.82, 2.24) is 4.90 Å². The summed E-state index contributed by atoms with van der Waals surface area (Å²) >= 11 is 0. The van der Waals surface area contributed by atoms with Crippen molar-refractivity contribution in [3.63, 3.8) is 0 Å². The summed E-state index contributed by atoms with van der Waals surface area (Å²) in [7, 11) is 1.54. The van der Waals surface area contributed by atoms with Gasteiger partial charge in [0.25, 0.3) is 0 Å². The van der Waals surface area contributed by atoms with E-state index >= 15 is 0 Å². The molecule has 2 heterocycles. The number of hydrogen-bond donors (Lipinski definition) is 2. The fraction of sp³-hybridized carbons (Fsp3) is 0.500. The van der Waals surface area contributed by atoms with Crippen LogP contribution >= 0.6 is 0 Å². The molecule has 0 aromatic heterocycles. The number of benzene rings is 1. The van der Waals surface area contributed by atoms with Gasteiger partial charge in [-0.2, -0.15) is 0 Å². The second-order valence-corrected chi connectivity index (χ2v) is 6.59. The minimum Gasteiger partial charge on any atom is -0.495 e. The van der Waals surface area contributed by atoms with E-state index in [0.717, 1.165) is 12.8 Å². The van der Waals surface area contributed by atoms with Gasteiger partial charge in [0.05, 0.1) is 18.7 Å². The summed E-state index contributed by atoms with van der Waals surface area (Å²) in [6, 6.07) is 4.82. The lowest BCUT2D eigenvalue weighted by molar-refractivity contribution is -0.141. The van der Waals surface area contributed by atoms with Crippen LogP contribution in [-0.2, 0) is 9.59 Å². The van der Waals surface area contributed by atoms with Crippen molar-refractivity contribution in [2.75, 3.05) is 37.0 Å². The highest BCUT2D eigenvalue weighted by atomic mass is 16.5. The number of piperidine rings is 1. The lowest BCUT2D eigenvalue weighted by atomic mass is 10.1. The molecule has 0 saturated carbocycles. The van der Waals surface area contributed by atoms with Gasteiger partial charge in [-0.1, -0.05) is 0 Å². The minimum absolute atomic E-state index is 0.0434. The van der Waals surface area contributed by atoms with Crippen LogP contribution in [0.25, 0.3) is 0 Å². The highest BCUT2D eigenvalue weighted by molar-refractivity contribution is 5.97. The van der Waals surface area contributed by atoms with Crippen LogP contribution < -0.4 is 15.0 Å². The van der Waals surface area contributed by atoms with Gasteiger partial charge in [-0.15, -0.1) is 0 Å². The number of carboxylic acids is 1. The summed E-state index contributed by atoms with van der Waals surface area (Å²) in [4.78, 5) is 38.8. The van der Waals surface area contributed by atoms with Gasteiger partial charge in [-0.3, -0.25) is 9.59 Å². The molecule has 2 fully saturated rings. The maximum Gasteiger partial charge on any atom is 0.321 e. The van der Waals surface area contributed by atoms with Gasteiger partial charge in [0, 0.05) is 31.7 Å². The van der Waals surface area contributed by atoms with E-state index in [4.69, 9.17) is 9.84 Å². The molecule has 1 atom stereocenters. The zero-order valence-corrected chi connectivity index (χ0v) is 14.7. The van der Waals surface area contributed by atoms with Crippen LogP contribution in [0.5, 0.6) is 5.75 Å². The lowest BCUT2D eigenvalue weighted by Gasteiger charge is -2.28. The first kappa shape index (κ1) is 18.0. The van der Waals surface area contributed by atoms with E-state index in [1.54, 1.807) is 30.2 Å². The number of anilines is 2.